The minimum absolute atomic E-state index is 0.0833. The molecule has 1 unspecified atom stereocenters. The van der Waals surface area contributed by atoms with E-state index in [0.29, 0.717) is 0 Å². The monoisotopic (exact) mass is 124 g/mol. The summed E-state index contributed by atoms with van der Waals surface area (Å²) >= 11 is 0. The molecule has 0 aromatic heterocycles. The zero-order valence-electron chi connectivity index (χ0n) is 5.19. The lowest BCUT2D eigenvalue weighted by atomic mass is 10.5. The zero-order valence-corrected chi connectivity index (χ0v) is 5.19. The molecule has 0 saturated heterocycles. The molecule has 0 aromatic carbocycles. The highest BCUT2D eigenvalue weighted by Gasteiger charge is 2.27. The molecule has 2 aliphatic heterocycles. The lowest BCUT2D eigenvalue weighted by Crippen LogP contribution is -2.28. The van der Waals surface area contributed by atoms with Crippen molar-refractivity contribution >= 4 is 6.21 Å². The van der Waals surface area contributed by atoms with Crippen LogP contribution in [0.4, 0.5) is 0 Å². The van der Waals surface area contributed by atoms with Gasteiger partial charge in [-0.2, -0.15) is 0 Å². The first-order valence-electron chi connectivity index (χ1n) is 3.01. The van der Waals surface area contributed by atoms with Crippen LogP contribution < -0.4 is 0 Å². The van der Waals surface area contributed by atoms with Gasteiger partial charge in [0.15, 0.2) is 0 Å². The highest BCUT2D eigenvalue weighted by molar-refractivity contribution is 5.66. The minimum atomic E-state index is 0.0833. The summed E-state index contributed by atoms with van der Waals surface area (Å²) in [6.07, 6.45) is 5.79. The normalized spacial score (nSPS) is 37.2. The van der Waals surface area contributed by atoms with E-state index in [-0.39, 0.29) is 12.4 Å². The van der Waals surface area contributed by atoms with Crippen molar-refractivity contribution in [1.29, 1.82) is 0 Å². The van der Waals surface area contributed by atoms with Gasteiger partial charge in [0, 0.05) is 6.20 Å². The van der Waals surface area contributed by atoms with Gasteiger partial charge in [-0.1, -0.05) is 0 Å². The van der Waals surface area contributed by atoms with E-state index in [1.807, 2.05) is 19.3 Å². The van der Waals surface area contributed by atoms with Gasteiger partial charge < -0.3 is 9.64 Å². The van der Waals surface area contributed by atoms with E-state index in [9.17, 15) is 0 Å². The van der Waals surface area contributed by atoms with Gasteiger partial charge in [-0.25, -0.2) is 0 Å². The average molecular weight is 124 g/mol. The van der Waals surface area contributed by atoms with Crippen LogP contribution in [-0.4, -0.2) is 23.5 Å². The molecular formula is C6H8N2O. The molecule has 0 radical (unpaired) electrons. The molecule has 48 valence electrons. The lowest BCUT2D eigenvalue weighted by molar-refractivity contribution is 0.115. The highest BCUT2D eigenvalue weighted by atomic mass is 16.5. The van der Waals surface area contributed by atoms with Gasteiger partial charge in [-0.05, 0) is 6.92 Å². The Bertz CT molecular complexity index is 176. The topological polar surface area (TPSA) is 24.8 Å². The molecule has 0 spiro atoms. The lowest BCUT2D eigenvalue weighted by Gasteiger charge is -2.16. The van der Waals surface area contributed by atoms with Crippen molar-refractivity contribution in [3.05, 3.63) is 12.5 Å². The number of hydrogen-bond donors (Lipinski definition) is 0. The molecule has 9 heavy (non-hydrogen) atoms. The summed E-state index contributed by atoms with van der Waals surface area (Å²) in [5.74, 6) is 0. The number of ether oxygens (including phenoxy) is 1. The van der Waals surface area contributed by atoms with Crippen molar-refractivity contribution in [2.45, 2.75) is 19.3 Å². The molecule has 2 aliphatic rings. The smallest absolute Gasteiger partial charge is 0.209 e. The van der Waals surface area contributed by atoms with E-state index in [0.717, 1.165) is 0 Å². The second-order valence-corrected chi connectivity index (χ2v) is 2.19. The summed E-state index contributed by atoms with van der Waals surface area (Å²) in [7, 11) is 0. The molecule has 3 nitrogen and oxygen atoms in total. The predicted molar refractivity (Wildman–Crippen MR) is 33.8 cm³/mol. The Labute approximate surface area is 53.6 Å². The van der Waals surface area contributed by atoms with Crippen LogP contribution in [0, 0.1) is 0 Å². The third-order valence-electron chi connectivity index (χ3n) is 1.61. The van der Waals surface area contributed by atoms with Crippen LogP contribution in [0.15, 0.2) is 17.5 Å². The van der Waals surface area contributed by atoms with Crippen LogP contribution in [0.2, 0.25) is 0 Å². The Morgan fingerprint density at radius 3 is 3.33 bits per heavy atom. The summed E-state index contributed by atoms with van der Waals surface area (Å²) in [5, 5.41) is 0. The summed E-state index contributed by atoms with van der Waals surface area (Å²) < 4.78 is 5.14. The van der Waals surface area contributed by atoms with Crippen LogP contribution in [0.5, 0.6) is 0 Å². The van der Waals surface area contributed by atoms with E-state index in [2.05, 4.69) is 9.89 Å². The molecule has 0 aromatic rings. The van der Waals surface area contributed by atoms with Crippen molar-refractivity contribution in [2.75, 3.05) is 0 Å². The van der Waals surface area contributed by atoms with Gasteiger partial charge in [-0.15, -0.1) is 0 Å². The number of hydrogen-bond acceptors (Lipinski definition) is 3. The maximum absolute atomic E-state index is 5.14. The van der Waals surface area contributed by atoms with Crippen molar-refractivity contribution in [3.8, 4) is 0 Å². The second kappa shape index (κ2) is 1.50. The Kier molecular flexibility index (Phi) is 0.806. The van der Waals surface area contributed by atoms with Crippen LogP contribution in [0.25, 0.3) is 0 Å². The molecular weight excluding hydrogens is 116 g/mol. The van der Waals surface area contributed by atoms with E-state index in [4.69, 9.17) is 4.74 Å². The Balaban J connectivity index is 2.22. The molecule has 2 atom stereocenters. The Morgan fingerprint density at radius 1 is 1.67 bits per heavy atom. The quantitative estimate of drug-likeness (QED) is 0.471. The Hall–Kier alpha value is -0.990. The third-order valence-corrected chi connectivity index (χ3v) is 1.61. The maximum atomic E-state index is 5.14. The third kappa shape index (κ3) is 0.542. The first kappa shape index (κ1) is 4.85. The van der Waals surface area contributed by atoms with Gasteiger partial charge >= 0.3 is 0 Å². The molecule has 0 N–H and O–H groups in total. The van der Waals surface area contributed by atoms with Crippen molar-refractivity contribution < 1.29 is 4.74 Å². The Morgan fingerprint density at radius 2 is 2.56 bits per heavy atom. The molecule has 2 heterocycles. The summed E-state index contributed by atoms with van der Waals surface area (Å²) in [6, 6.07) is 0. The number of nitrogens with zero attached hydrogens (tertiary/aromatic N) is 2. The van der Waals surface area contributed by atoms with Gasteiger partial charge in [0.25, 0.3) is 0 Å². The molecule has 0 amide bonds. The molecule has 0 aliphatic carbocycles. The number of aliphatic imine (C=N–C) groups is 1. The summed E-state index contributed by atoms with van der Waals surface area (Å²) in [6.45, 7) is 2.04. The van der Waals surface area contributed by atoms with Gasteiger partial charge in [0.05, 0.1) is 6.21 Å². The van der Waals surface area contributed by atoms with Gasteiger partial charge in [0.2, 0.25) is 6.23 Å². The predicted octanol–water partition coefficient (Wildman–Crippen LogP) is 0.546. The van der Waals surface area contributed by atoms with Crippen LogP contribution >= 0.6 is 0 Å². The summed E-state index contributed by atoms with van der Waals surface area (Å²) in [4.78, 5) is 6.20. The van der Waals surface area contributed by atoms with E-state index in [1.54, 1.807) is 6.26 Å². The van der Waals surface area contributed by atoms with Crippen LogP contribution in [0.1, 0.15) is 6.92 Å². The molecule has 3 heteroatoms. The molecule has 0 bridgehead atoms. The zero-order chi connectivity index (χ0) is 6.27. The van der Waals surface area contributed by atoms with Gasteiger partial charge in [-0.3, -0.25) is 4.99 Å². The van der Waals surface area contributed by atoms with E-state index < -0.39 is 0 Å². The average Bonchev–Trinajstić information content (AvgIpc) is 2.35. The van der Waals surface area contributed by atoms with Crippen molar-refractivity contribution in [1.82, 2.24) is 4.90 Å². The molecule has 0 saturated carbocycles. The minimum Gasteiger partial charge on any atom is -0.471 e. The van der Waals surface area contributed by atoms with E-state index >= 15 is 0 Å². The SMILES string of the molecule is C[C@@H]1N=CC2OC=CN21. The van der Waals surface area contributed by atoms with Crippen LogP contribution in [-0.2, 0) is 4.74 Å². The van der Waals surface area contributed by atoms with Gasteiger partial charge in [0.1, 0.15) is 12.4 Å². The van der Waals surface area contributed by atoms with Crippen LogP contribution in [0.3, 0.4) is 0 Å². The maximum Gasteiger partial charge on any atom is 0.209 e. The number of fused-ring (bicyclic) bond motifs is 1. The van der Waals surface area contributed by atoms with Crippen molar-refractivity contribution in [2.24, 2.45) is 4.99 Å². The first-order chi connectivity index (χ1) is 4.38. The fourth-order valence-corrected chi connectivity index (χ4v) is 1.07. The van der Waals surface area contributed by atoms with Crippen molar-refractivity contribution in [3.63, 3.8) is 0 Å². The van der Waals surface area contributed by atoms with E-state index in [1.165, 1.54) is 0 Å². The fourth-order valence-electron chi connectivity index (χ4n) is 1.07. The fraction of sp³-hybridized carbons (Fsp3) is 0.500. The largest absolute Gasteiger partial charge is 0.471 e. The summed E-state index contributed by atoms with van der Waals surface area (Å²) in [5.41, 5.74) is 0. The molecule has 0 fully saturated rings. The number of rotatable bonds is 0. The second-order valence-electron chi connectivity index (χ2n) is 2.19. The highest BCUT2D eigenvalue weighted by Crippen LogP contribution is 2.18. The standard InChI is InChI=1S/C6H8N2O/c1-5-7-4-6-8(5)2-3-9-6/h2-6H,1H3/t5-,6?/m1/s1. The first-order valence-corrected chi connectivity index (χ1v) is 3.01. The molecule has 2 rings (SSSR count).